The second-order valence-corrected chi connectivity index (χ2v) is 11.7. The summed E-state index contributed by atoms with van der Waals surface area (Å²) in [5.74, 6) is -0.244. The zero-order valence-corrected chi connectivity index (χ0v) is 23.1. The van der Waals surface area contributed by atoms with Crippen LogP contribution in [0.4, 0.5) is 14.6 Å². The van der Waals surface area contributed by atoms with Crippen molar-refractivity contribution in [2.24, 2.45) is 0 Å². The number of rotatable bonds is 4. The summed E-state index contributed by atoms with van der Waals surface area (Å²) in [6, 6.07) is 3.12. The summed E-state index contributed by atoms with van der Waals surface area (Å²) >= 11 is 1.30. The maximum Gasteiger partial charge on any atom is 0.325 e. The van der Waals surface area contributed by atoms with Crippen LogP contribution in [0.1, 0.15) is 55.6 Å². The molecule has 6 amide bonds. The van der Waals surface area contributed by atoms with Crippen LogP contribution in [0.15, 0.2) is 12.1 Å². The van der Waals surface area contributed by atoms with Gasteiger partial charge in [-0.3, -0.25) is 24.7 Å². The second kappa shape index (κ2) is 10.1. The Balaban J connectivity index is 1.29. The molecule has 2 aromatic rings. The topological polar surface area (TPSA) is 127 Å². The van der Waals surface area contributed by atoms with Gasteiger partial charge in [-0.05, 0) is 65.1 Å². The molecule has 0 saturated carbocycles. The average molecular weight is 542 g/mol. The van der Waals surface area contributed by atoms with Crippen molar-refractivity contribution in [1.82, 2.24) is 30.3 Å². The zero-order valence-electron chi connectivity index (χ0n) is 22.3. The number of piperidine rings is 2. The maximum absolute atomic E-state index is 13.7. The van der Waals surface area contributed by atoms with Crippen LogP contribution in [-0.2, 0) is 4.79 Å². The molecule has 1 atom stereocenters. The molecule has 1 unspecified atom stereocenters. The second-order valence-electron chi connectivity index (χ2n) is 10.7. The highest BCUT2D eigenvalue weighted by Gasteiger charge is 2.54. The summed E-state index contributed by atoms with van der Waals surface area (Å²) in [6.45, 7) is 8.11. The van der Waals surface area contributed by atoms with Crippen LogP contribution < -0.4 is 16.0 Å². The van der Waals surface area contributed by atoms with Gasteiger partial charge in [0.05, 0.1) is 5.56 Å². The quantitative estimate of drug-likeness (QED) is 0.511. The van der Waals surface area contributed by atoms with Crippen molar-refractivity contribution < 1.29 is 19.2 Å². The number of pyridine rings is 1. The van der Waals surface area contributed by atoms with E-state index in [2.05, 4.69) is 25.8 Å². The van der Waals surface area contributed by atoms with Crippen molar-refractivity contribution in [3.05, 3.63) is 23.4 Å². The highest BCUT2D eigenvalue weighted by Crippen LogP contribution is 2.37. The van der Waals surface area contributed by atoms with Crippen molar-refractivity contribution >= 4 is 50.4 Å². The summed E-state index contributed by atoms with van der Waals surface area (Å²) < 4.78 is 0. The molecule has 3 fully saturated rings. The predicted octanol–water partition coefficient (Wildman–Crippen LogP) is 2.76. The number of likely N-dealkylation sites (tertiary alicyclic amines) is 2. The number of hydrogen-bond donors (Lipinski definition) is 3. The van der Waals surface area contributed by atoms with Crippen LogP contribution in [-0.4, -0.2) is 94.4 Å². The Kier molecular flexibility index (Phi) is 7.03. The van der Waals surface area contributed by atoms with Gasteiger partial charge in [0.1, 0.15) is 15.4 Å². The van der Waals surface area contributed by atoms with Crippen LogP contribution in [0.5, 0.6) is 0 Å². The van der Waals surface area contributed by atoms with Gasteiger partial charge in [0.15, 0.2) is 0 Å². The lowest BCUT2D eigenvalue weighted by Gasteiger charge is -2.45. The molecule has 0 radical (unpaired) electrons. The predicted molar refractivity (Wildman–Crippen MR) is 145 cm³/mol. The van der Waals surface area contributed by atoms with E-state index in [0.29, 0.717) is 41.5 Å². The van der Waals surface area contributed by atoms with Crippen molar-refractivity contribution in [1.29, 1.82) is 0 Å². The van der Waals surface area contributed by atoms with Crippen LogP contribution in [0.2, 0.25) is 0 Å². The number of amides is 6. The van der Waals surface area contributed by atoms with Crippen molar-refractivity contribution in [2.75, 3.05) is 38.5 Å². The standard InChI is InChI=1S/C26H35N7O4S/c1-15(2)33-23(35)26(30-25(33)37)10-5-11-32(14-26)17-8-12-31(13-9-17)22(34)19-18-7-6-16(3)28-20(18)38-21(19)29-24(36)27-4/h6-7,15,17H,5,8-14H2,1-4H3,(H,30,37)(H2,27,29,36). The Morgan fingerprint density at radius 3 is 2.58 bits per heavy atom. The minimum atomic E-state index is -0.853. The van der Waals surface area contributed by atoms with Crippen molar-refractivity contribution in [2.45, 2.75) is 64.1 Å². The first-order chi connectivity index (χ1) is 18.1. The van der Waals surface area contributed by atoms with Crippen molar-refractivity contribution in [3.63, 3.8) is 0 Å². The van der Waals surface area contributed by atoms with Gasteiger partial charge in [-0.15, -0.1) is 0 Å². The molecule has 0 aromatic carbocycles. The summed E-state index contributed by atoms with van der Waals surface area (Å²) in [4.78, 5) is 62.4. The fourth-order valence-electron chi connectivity index (χ4n) is 5.92. The molecule has 2 aromatic heterocycles. The third-order valence-electron chi connectivity index (χ3n) is 7.86. The Morgan fingerprint density at radius 2 is 1.92 bits per heavy atom. The number of aryl methyl sites for hydroxylation is 1. The lowest BCUT2D eigenvalue weighted by Crippen LogP contribution is -2.61. The van der Waals surface area contributed by atoms with E-state index in [0.717, 1.165) is 36.9 Å². The lowest BCUT2D eigenvalue weighted by atomic mass is 9.86. The van der Waals surface area contributed by atoms with Gasteiger partial charge in [-0.1, -0.05) is 11.3 Å². The number of fused-ring (bicyclic) bond motifs is 1. The molecule has 3 aliphatic heterocycles. The van der Waals surface area contributed by atoms with E-state index < -0.39 is 5.54 Å². The fraction of sp³-hybridized carbons (Fsp3) is 0.577. The maximum atomic E-state index is 13.7. The van der Waals surface area contributed by atoms with Gasteiger partial charge in [-0.2, -0.15) is 0 Å². The van der Waals surface area contributed by atoms with Crippen molar-refractivity contribution in [3.8, 4) is 0 Å². The number of nitrogens with zero attached hydrogens (tertiary/aromatic N) is 4. The molecule has 3 saturated heterocycles. The molecule has 1 spiro atoms. The van der Waals surface area contributed by atoms with Gasteiger partial charge in [0.2, 0.25) is 0 Å². The van der Waals surface area contributed by atoms with E-state index in [1.807, 2.05) is 37.8 Å². The first kappa shape index (κ1) is 26.4. The molecule has 3 N–H and O–H groups in total. The van der Waals surface area contributed by atoms with E-state index in [1.165, 1.54) is 23.3 Å². The number of thiophene rings is 1. The number of anilines is 1. The molecule has 3 aliphatic rings. The van der Waals surface area contributed by atoms with E-state index in [1.54, 1.807) is 0 Å². The average Bonchev–Trinajstić information content (AvgIpc) is 3.35. The van der Waals surface area contributed by atoms with E-state index in [4.69, 9.17) is 0 Å². The Morgan fingerprint density at radius 1 is 1.18 bits per heavy atom. The molecule has 5 rings (SSSR count). The molecule has 38 heavy (non-hydrogen) atoms. The summed E-state index contributed by atoms with van der Waals surface area (Å²) in [6.07, 6.45) is 3.03. The number of carbonyl (C=O) groups excluding carboxylic acids is 4. The monoisotopic (exact) mass is 541 g/mol. The number of nitrogens with one attached hydrogen (secondary N) is 3. The minimum absolute atomic E-state index is 0.118. The molecule has 204 valence electrons. The summed E-state index contributed by atoms with van der Waals surface area (Å²) in [5, 5.41) is 9.57. The molecule has 0 aliphatic carbocycles. The van der Waals surface area contributed by atoms with Gasteiger partial charge in [0, 0.05) is 49.8 Å². The highest BCUT2D eigenvalue weighted by atomic mass is 32.1. The third-order valence-corrected chi connectivity index (χ3v) is 8.88. The van der Waals surface area contributed by atoms with Gasteiger partial charge >= 0.3 is 12.1 Å². The van der Waals surface area contributed by atoms with Crippen LogP contribution in [0.25, 0.3) is 10.2 Å². The largest absolute Gasteiger partial charge is 0.341 e. The normalized spacial score (nSPS) is 23.0. The molecule has 5 heterocycles. The van der Waals surface area contributed by atoms with Crippen LogP contribution in [0, 0.1) is 6.92 Å². The van der Waals surface area contributed by atoms with Gasteiger partial charge in [0.25, 0.3) is 11.8 Å². The minimum Gasteiger partial charge on any atom is -0.341 e. The van der Waals surface area contributed by atoms with Crippen LogP contribution in [0.3, 0.4) is 0 Å². The molecular formula is C26H35N7O4S. The van der Waals surface area contributed by atoms with E-state index in [9.17, 15) is 19.2 Å². The number of aromatic nitrogens is 1. The third kappa shape index (κ3) is 4.60. The number of imide groups is 1. The Hall–Kier alpha value is -3.25. The number of hydrogen-bond acceptors (Lipinski definition) is 7. The summed E-state index contributed by atoms with van der Waals surface area (Å²) in [5.41, 5.74) is 0.468. The molecular weight excluding hydrogens is 506 g/mol. The highest BCUT2D eigenvalue weighted by molar-refractivity contribution is 7.23. The van der Waals surface area contributed by atoms with Gasteiger partial charge < -0.3 is 15.5 Å². The lowest BCUT2D eigenvalue weighted by molar-refractivity contribution is -0.134. The number of carbonyl (C=O) groups is 4. The molecule has 0 bridgehead atoms. The van der Waals surface area contributed by atoms with E-state index >= 15 is 0 Å². The molecule has 12 heteroatoms. The molecule has 11 nitrogen and oxygen atoms in total. The first-order valence-electron chi connectivity index (χ1n) is 13.2. The Bertz CT molecular complexity index is 1290. The Labute approximate surface area is 225 Å². The smallest absolute Gasteiger partial charge is 0.325 e. The number of urea groups is 2. The van der Waals surface area contributed by atoms with Gasteiger partial charge in [-0.25, -0.2) is 14.6 Å². The zero-order chi connectivity index (χ0) is 27.2. The fourth-order valence-corrected chi connectivity index (χ4v) is 7.02. The first-order valence-corrected chi connectivity index (χ1v) is 14.0. The van der Waals surface area contributed by atoms with E-state index in [-0.39, 0.29) is 36.0 Å². The SMILES string of the molecule is CNC(=O)Nc1sc2nc(C)ccc2c1C(=O)N1CCC(N2CCCC3(C2)NC(=O)N(C(C)C)C3=O)CC1. The summed E-state index contributed by atoms with van der Waals surface area (Å²) in [7, 11) is 1.53. The van der Waals surface area contributed by atoms with Crippen LogP contribution >= 0.6 is 11.3 Å².